The first-order chi connectivity index (χ1) is 11.6. The Balaban J connectivity index is 1.53. The van der Waals surface area contributed by atoms with Gasteiger partial charge in [0.2, 0.25) is 5.91 Å². The Bertz CT molecular complexity index is 644. The number of carbonyl (C=O) groups is 1. The Morgan fingerprint density at radius 1 is 1.08 bits per heavy atom. The van der Waals surface area contributed by atoms with Gasteiger partial charge in [0.25, 0.3) is 0 Å². The first-order valence-electron chi connectivity index (χ1n) is 8.13. The zero-order valence-corrected chi connectivity index (χ0v) is 13.6. The molecule has 0 aliphatic heterocycles. The van der Waals surface area contributed by atoms with Crippen LogP contribution in [0.3, 0.4) is 0 Å². The number of halogens is 1. The van der Waals surface area contributed by atoms with Crippen LogP contribution < -0.4 is 15.8 Å². The molecule has 0 aliphatic rings. The van der Waals surface area contributed by atoms with Crippen LogP contribution in [0.4, 0.5) is 10.1 Å². The Morgan fingerprint density at radius 3 is 2.58 bits per heavy atom. The molecule has 128 valence electrons. The molecule has 0 bridgehead atoms. The lowest BCUT2D eigenvalue weighted by molar-refractivity contribution is -0.121. The van der Waals surface area contributed by atoms with E-state index in [9.17, 15) is 9.18 Å². The van der Waals surface area contributed by atoms with Crippen LogP contribution in [0.25, 0.3) is 0 Å². The van der Waals surface area contributed by atoms with Crippen LogP contribution in [-0.2, 0) is 11.2 Å². The molecule has 0 aromatic heterocycles. The first kappa shape index (κ1) is 17.8. The van der Waals surface area contributed by atoms with Crippen LogP contribution in [-0.4, -0.2) is 19.1 Å². The van der Waals surface area contributed by atoms with Gasteiger partial charge in [0.15, 0.2) is 0 Å². The number of benzene rings is 2. The van der Waals surface area contributed by atoms with E-state index in [0.29, 0.717) is 31.7 Å². The number of rotatable bonds is 9. The molecule has 0 fully saturated rings. The minimum absolute atomic E-state index is 0.0257. The Morgan fingerprint density at radius 2 is 1.83 bits per heavy atom. The van der Waals surface area contributed by atoms with Crippen LogP contribution >= 0.6 is 0 Å². The molecular formula is C19H23FN2O2. The van der Waals surface area contributed by atoms with Gasteiger partial charge in [-0.15, -0.1) is 0 Å². The average molecular weight is 330 g/mol. The molecule has 2 aromatic rings. The van der Waals surface area contributed by atoms with Gasteiger partial charge in [-0.25, -0.2) is 4.39 Å². The largest absolute Gasteiger partial charge is 0.494 e. The molecule has 0 heterocycles. The highest BCUT2D eigenvalue weighted by molar-refractivity contribution is 5.76. The molecule has 0 spiro atoms. The van der Waals surface area contributed by atoms with E-state index in [2.05, 4.69) is 5.32 Å². The number of para-hydroxylation sites is 1. The van der Waals surface area contributed by atoms with E-state index in [1.165, 1.54) is 12.1 Å². The van der Waals surface area contributed by atoms with Gasteiger partial charge >= 0.3 is 0 Å². The van der Waals surface area contributed by atoms with Gasteiger partial charge in [0.05, 0.1) is 6.61 Å². The molecule has 0 saturated heterocycles. The highest BCUT2D eigenvalue weighted by Gasteiger charge is 2.04. The quantitative estimate of drug-likeness (QED) is 0.547. The molecule has 2 aromatic carbocycles. The van der Waals surface area contributed by atoms with E-state index >= 15 is 0 Å². The molecule has 2 rings (SSSR count). The van der Waals surface area contributed by atoms with Crippen molar-refractivity contribution in [2.24, 2.45) is 0 Å². The van der Waals surface area contributed by atoms with Crippen LogP contribution in [0, 0.1) is 5.82 Å². The van der Waals surface area contributed by atoms with E-state index in [0.717, 1.165) is 24.1 Å². The SMILES string of the molecule is Nc1ccccc1CCC(=O)NCCCCOc1ccc(F)cc1. The third-order valence-corrected chi connectivity index (χ3v) is 3.65. The molecule has 0 saturated carbocycles. The van der Waals surface area contributed by atoms with Crippen molar-refractivity contribution in [2.75, 3.05) is 18.9 Å². The highest BCUT2D eigenvalue weighted by Crippen LogP contribution is 2.13. The van der Waals surface area contributed by atoms with Crippen molar-refractivity contribution < 1.29 is 13.9 Å². The van der Waals surface area contributed by atoms with Crippen LogP contribution in [0.5, 0.6) is 5.75 Å². The molecule has 0 radical (unpaired) electrons. The Hall–Kier alpha value is -2.56. The number of nitrogens with one attached hydrogen (secondary N) is 1. The van der Waals surface area contributed by atoms with Gasteiger partial charge in [0.1, 0.15) is 11.6 Å². The minimum atomic E-state index is -0.276. The lowest BCUT2D eigenvalue weighted by atomic mass is 10.1. The fourth-order valence-electron chi connectivity index (χ4n) is 2.27. The van der Waals surface area contributed by atoms with Crippen molar-refractivity contribution in [2.45, 2.75) is 25.7 Å². The zero-order valence-electron chi connectivity index (χ0n) is 13.6. The van der Waals surface area contributed by atoms with Gasteiger partial charge in [-0.05, 0) is 55.2 Å². The number of carbonyl (C=O) groups excluding carboxylic acids is 1. The predicted octanol–water partition coefficient (Wildman–Crippen LogP) is 3.32. The fraction of sp³-hybridized carbons (Fsp3) is 0.316. The van der Waals surface area contributed by atoms with Crippen LogP contribution in [0.2, 0.25) is 0 Å². The third kappa shape index (κ3) is 6.28. The molecule has 4 nitrogen and oxygen atoms in total. The fourth-order valence-corrected chi connectivity index (χ4v) is 2.27. The smallest absolute Gasteiger partial charge is 0.220 e. The van der Waals surface area contributed by atoms with Crippen molar-refractivity contribution in [3.05, 3.63) is 59.9 Å². The second kappa shape index (κ2) is 9.55. The lowest BCUT2D eigenvalue weighted by Crippen LogP contribution is -2.25. The normalized spacial score (nSPS) is 10.4. The number of unbranched alkanes of at least 4 members (excludes halogenated alkanes) is 1. The van der Waals surface area contributed by atoms with E-state index in [1.54, 1.807) is 12.1 Å². The molecule has 0 aliphatic carbocycles. The van der Waals surface area contributed by atoms with Crippen molar-refractivity contribution in [1.82, 2.24) is 5.32 Å². The number of anilines is 1. The number of hydrogen-bond donors (Lipinski definition) is 2. The summed E-state index contributed by atoms with van der Waals surface area (Å²) in [7, 11) is 0. The summed E-state index contributed by atoms with van der Waals surface area (Å²) in [5.41, 5.74) is 7.58. The highest BCUT2D eigenvalue weighted by atomic mass is 19.1. The number of hydrogen-bond acceptors (Lipinski definition) is 3. The number of aryl methyl sites for hydroxylation is 1. The second-order valence-electron chi connectivity index (χ2n) is 5.56. The summed E-state index contributed by atoms with van der Waals surface area (Å²) in [5.74, 6) is 0.404. The summed E-state index contributed by atoms with van der Waals surface area (Å²) in [4.78, 5) is 11.8. The van der Waals surface area contributed by atoms with Gasteiger partial charge in [0, 0.05) is 18.7 Å². The van der Waals surface area contributed by atoms with Gasteiger partial charge < -0.3 is 15.8 Å². The van der Waals surface area contributed by atoms with Crippen molar-refractivity contribution in [1.29, 1.82) is 0 Å². The topological polar surface area (TPSA) is 64.4 Å². The minimum Gasteiger partial charge on any atom is -0.494 e. The third-order valence-electron chi connectivity index (χ3n) is 3.65. The van der Waals surface area contributed by atoms with Crippen molar-refractivity contribution in [3.8, 4) is 5.75 Å². The Labute approximate surface area is 141 Å². The van der Waals surface area contributed by atoms with Crippen LogP contribution in [0.1, 0.15) is 24.8 Å². The number of nitrogen functional groups attached to an aromatic ring is 1. The summed E-state index contributed by atoms with van der Waals surface area (Å²) in [6.45, 7) is 1.16. The molecule has 3 N–H and O–H groups in total. The first-order valence-corrected chi connectivity index (χ1v) is 8.13. The zero-order chi connectivity index (χ0) is 17.2. The Kier molecular flexibility index (Phi) is 7.08. The summed E-state index contributed by atoms with van der Waals surface area (Å²) in [6.07, 6.45) is 2.73. The second-order valence-corrected chi connectivity index (χ2v) is 5.56. The molecule has 0 atom stereocenters. The summed E-state index contributed by atoms with van der Waals surface area (Å²) in [5, 5.41) is 2.89. The summed E-state index contributed by atoms with van der Waals surface area (Å²) < 4.78 is 18.2. The van der Waals surface area contributed by atoms with Gasteiger partial charge in [-0.3, -0.25) is 4.79 Å². The van der Waals surface area contributed by atoms with Crippen molar-refractivity contribution >= 4 is 11.6 Å². The van der Waals surface area contributed by atoms with Gasteiger partial charge in [-0.2, -0.15) is 0 Å². The monoisotopic (exact) mass is 330 g/mol. The predicted molar refractivity (Wildman–Crippen MR) is 93.3 cm³/mol. The summed E-state index contributed by atoms with van der Waals surface area (Å²) in [6, 6.07) is 13.5. The van der Waals surface area contributed by atoms with E-state index in [4.69, 9.17) is 10.5 Å². The molecule has 5 heteroatoms. The maximum absolute atomic E-state index is 12.7. The van der Waals surface area contributed by atoms with E-state index in [1.807, 2.05) is 24.3 Å². The number of nitrogens with two attached hydrogens (primary N) is 1. The molecule has 1 amide bonds. The molecule has 24 heavy (non-hydrogen) atoms. The van der Waals surface area contributed by atoms with Gasteiger partial charge in [-0.1, -0.05) is 18.2 Å². The van der Waals surface area contributed by atoms with Crippen molar-refractivity contribution in [3.63, 3.8) is 0 Å². The summed E-state index contributed by atoms with van der Waals surface area (Å²) >= 11 is 0. The number of ether oxygens (including phenoxy) is 1. The van der Waals surface area contributed by atoms with E-state index < -0.39 is 0 Å². The molecule has 0 unspecified atom stereocenters. The van der Waals surface area contributed by atoms with Crippen LogP contribution in [0.15, 0.2) is 48.5 Å². The number of amides is 1. The van der Waals surface area contributed by atoms with E-state index in [-0.39, 0.29) is 11.7 Å². The standard InChI is InChI=1S/C19H23FN2O2/c20-16-8-10-17(11-9-16)24-14-4-3-13-22-19(23)12-7-15-5-1-2-6-18(15)21/h1-2,5-6,8-11H,3-4,7,12-14,21H2,(H,22,23). The maximum atomic E-state index is 12.7. The molecular weight excluding hydrogens is 307 g/mol. The lowest BCUT2D eigenvalue weighted by Gasteiger charge is -2.08. The maximum Gasteiger partial charge on any atom is 0.220 e. The average Bonchev–Trinajstić information content (AvgIpc) is 2.59.